The van der Waals surface area contributed by atoms with E-state index in [1.807, 2.05) is 22.7 Å². The molecule has 0 amide bonds. The van der Waals surface area contributed by atoms with Crippen molar-refractivity contribution in [1.82, 2.24) is 4.98 Å². The van der Waals surface area contributed by atoms with Gasteiger partial charge in [-0.05, 0) is 22.3 Å². The van der Waals surface area contributed by atoms with Crippen LogP contribution in [-0.2, 0) is 0 Å². The molecule has 39 heavy (non-hydrogen) atoms. The number of hydrogen-bond acceptors (Lipinski definition) is 2. The SMILES string of the molecule is c1ccc(-c2cccc3c2sc2c3ccc3c4ccc5c6cccc(-c7ccccc7)c6sc5c4[nH]c32)cc1. The fourth-order valence-corrected chi connectivity index (χ4v) is 8.91. The summed E-state index contributed by atoms with van der Waals surface area (Å²) in [6.45, 7) is 0. The van der Waals surface area contributed by atoms with Crippen molar-refractivity contribution in [1.29, 1.82) is 0 Å². The summed E-state index contributed by atoms with van der Waals surface area (Å²) in [5, 5.41) is 7.91. The molecule has 9 aromatic rings. The molecule has 3 heterocycles. The van der Waals surface area contributed by atoms with Gasteiger partial charge in [-0.15, -0.1) is 22.7 Å². The van der Waals surface area contributed by atoms with E-state index in [1.165, 1.54) is 84.4 Å². The summed E-state index contributed by atoms with van der Waals surface area (Å²) in [5.41, 5.74) is 7.64. The summed E-state index contributed by atoms with van der Waals surface area (Å²) in [7, 11) is 0. The Kier molecular flexibility index (Phi) is 4.43. The number of fused-ring (bicyclic) bond motifs is 11. The fourth-order valence-electron chi connectivity index (χ4n) is 6.24. The van der Waals surface area contributed by atoms with E-state index in [1.54, 1.807) is 0 Å². The van der Waals surface area contributed by atoms with Crippen molar-refractivity contribution in [3.8, 4) is 22.3 Å². The zero-order valence-electron chi connectivity index (χ0n) is 20.9. The first kappa shape index (κ1) is 21.5. The highest BCUT2D eigenvalue weighted by atomic mass is 32.1. The lowest BCUT2D eigenvalue weighted by atomic mass is 10.0. The third-order valence-electron chi connectivity index (χ3n) is 8.04. The van der Waals surface area contributed by atoms with Crippen molar-refractivity contribution in [3.63, 3.8) is 0 Å². The Morgan fingerprint density at radius 1 is 0.333 bits per heavy atom. The van der Waals surface area contributed by atoms with Gasteiger partial charge in [0.1, 0.15) is 0 Å². The molecule has 3 aromatic heterocycles. The van der Waals surface area contributed by atoms with Gasteiger partial charge in [-0.1, -0.05) is 121 Å². The second kappa shape index (κ2) is 8.03. The van der Waals surface area contributed by atoms with Crippen LogP contribution in [0, 0.1) is 0 Å². The standard InChI is InChI=1S/C36H21NS2/c1-3-9-21(10-4-1)23-13-7-15-27-29-19-17-25-26-18-20-30-28-16-8-14-24(22-11-5-2-6-12-22)34(28)39-36(30)32(26)37-31(25)35(29)38-33(23)27/h1-20,37H. The fraction of sp³-hybridized carbons (Fsp3) is 0. The highest BCUT2D eigenvalue weighted by molar-refractivity contribution is 7.27. The van der Waals surface area contributed by atoms with Gasteiger partial charge in [0.15, 0.2) is 0 Å². The minimum absolute atomic E-state index is 1.25. The Balaban J connectivity index is 1.36. The lowest BCUT2D eigenvalue weighted by Crippen LogP contribution is -1.76. The highest BCUT2D eigenvalue weighted by Crippen LogP contribution is 2.47. The van der Waals surface area contributed by atoms with E-state index < -0.39 is 0 Å². The van der Waals surface area contributed by atoms with Crippen molar-refractivity contribution in [3.05, 3.63) is 121 Å². The molecule has 182 valence electrons. The molecule has 0 saturated heterocycles. The quantitative estimate of drug-likeness (QED) is 0.228. The number of hydrogen-bond donors (Lipinski definition) is 1. The van der Waals surface area contributed by atoms with E-state index in [0.29, 0.717) is 0 Å². The maximum atomic E-state index is 3.93. The van der Waals surface area contributed by atoms with Gasteiger partial charge >= 0.3 is 0 Å². The molecule has 1 nitrogen and oxygen atoms in total. The van der Waals surface area contributed by atoms with Crippen LogP contribution in [0.1, 0.15) is 0 Å². The Bertz CT molecular complexity index is 2200. The Morgan fingerprint density at radius 3 is 1.21 bits per heavy atom. The summed E-state index contributed by atoms with van der Waals surface area (Å²) in [5.74, 6) is 0. The van der Waals surface area contributed by atoms with Gasteiger partial charge in [0, 0.05) is 41.7 Å². The molecule has 0 aliphatic carbocycles. The lowest BCUT2D eigenvalue weighted by molar-refractivity contribution is 1.60. The van der Waals surface area contributed by atoms with Crippen molar-refractivity contribution in [2.45, 2.75) is 0 Å². The molecule has 0 fully saturated rings. The van der Waals surface area contributed by atoms with Crippen LogP contribution in [0.4, 0.5) is 0 Å². The van der Waals surface area contributed by atoms with Gasteiger partial charge in [-0.3, -0.25) is 0 Å². The van der Waals surface area contributed by atoms with Crippen molar-refractivity contribution < 1.29 is 0 Å². The van der Waals surface area contributed by atoms with E-state index in [-0.39, 0.29) is 0 Å². The molecule has 0 bridgehead atoms. The van der Waals surface area contributed by atoms with Crippen LogP contribution in [0.5, 0.6) is 0 Å². The molecule has 0 spiro atoms. The first-order chi connectivity index (χ1) is 19.3. The lowest BCUT2D eigenvalue weighted by Gasteiger charge is -2.02. The average molecular weight is 532 g/mol. The van der Waals surface area contributed by atoms with Crippen molar-refractivity contribution >= 4 is 84.8 Å². The Labute approximate surface area is 232 Å². The van der Waals surface area contributed by atoms with Crippen molar-refractivity contribution in [2.24, 2.45) is 0 Å². The molecule has 0 atom stereocenters. The molecule has 9 rings (SSSR count). The molecule has 0 aliphatic rings. The van der Waals surface area contributed by atoms with Gasteiger partial charge < -0.3 is 4.98 Å². The monoisotopic (exact) mass is 531 g/mol. The van der Waals surface area contributed by atoms with Gasteiger partial charge in [0.2, 0.25) is 0 Å². The van der Waals surface area contributed by atoms with Gasteiger partial charge in [-0.25, -0.2) is 0 Å². The predicted octanol–water partition coefficient (Wildman–Crippen LogP) is 11.4. The third kappa shape index (κ3) is 3.00. The first-order valence-electron chi connectivity index (χ1n) is 13.2. The van der Waals surface area contributed by atoms with E-state index >= 15 is 0 Å². The molecule has 0 aliphatic heterocycles. The maximum Gasteiger partial charge on any atom is 0.0646 e. The van der Waals surface area contributed by atoms with Crippen molar-refractivity contribution in [2.75, 3.05) is 0 Å². The largest absolute Gasteiger partial charge is 0.352 e. The van der Waals surface area contributed by atoms with E-state index in [9.17, 15) is 0 Å². The minimum atomic E-state index is 1.25. The number of aromatic amines is 1. The summed E-state index contributed by atoms with van der Waals surface area (Å²) >= 11 is 3.82. The number of aromatic nitrogens is 1. The number of rotatable bonds is 2. The van der Waals surface area contributed by atoms with Gasteiger partial charge in [-0.2, -0.15) is 0 Å². The highest BCUT2D eigenvalue weighted by Gasteiger charge is 2.18. The molecular formula is C36H21NS2. The molecular weight excluding hydrogens is 511 g/mol. The van der Waals surface area contributed by atoms with Crippen LogP contribution in [-0.4, -0.2) is 4.98 Å². The van der Waals surface area contributed by atoms with E-state index in [2.05, 4.69) is 126 Å². The number of thiophene rings is 2. The summed E-state index contributed by atoms with van der Waals surface area (Å²) in [6, 6.07) is 44.2. The van der Waals surface area contributed by atoms with Gasteiger partial charge in [0.25, 0.3) is 0 Å². The third-order valence-corrected chi connectivity index (χ3v) is 10.6. The average Bonchev–Trinajstić information content (AvgIpc) is 3.69. The summed E-state index contributed by atoms with van der Waals surface area (Å²) in [4.78, 5) is 3.93. The zero-order valence-corrected chi connectivity index (χ0v) is 22.5. The molecule has 3 heteroatoms. The zero-order chi connectivity index (χ0) is 25.5. The van der Waals surface area contributed by atoms with Crippen LogP contribution < -0.4 is 0 Å². The van der Waals surface area contributed by atoms with E-state index in [4.69, 9.17) is 0 Å². The second-order valence-corrected chi connectivity index (χ2v) is 12.2. The Morgan fingerprint density at radius 2 is 0.744 bits per heavy atom. The van der Waals surface area contributed by atoms with Gasteiger partial charge in [0.05, 0.1) is 20.4 Å². The number of H-pyrrole nitrogens is 1. The number of benzene rings is 6. The molecule has 0 unspecified atom stereocenters. The maximum absolute atomic E-state index is 3.93. The van der Waals surface area contributed by atoms with Crippen LogP contribution in [0.2, 0.25) is 0 Å². The molecule has 6 aromatic carbocycles. The first-order valence-corrected chi connectivity index (χ1v) is 14.8. The molecule has 0 saturated carbocycles. The minimum Gasteiger partial charge on any atom is -0.352 e. The number of nitrogens with one attached hydrogen (secondary N) is 1. The smallest absolute Gasteiger partial charge is 0.0646 e. The predicted molar refractivity (Wildman–Crippen MR) is 172 cm³/mol. The topological polar surface area (TPSA) is 15.8 Å². The van der Waals surface area contributed by atoms with Crippen LogP contribution in [0.15, 0.2) is 121 Å². The second-order valence-electron chi connectivity index (χ2n) is 10.2. The normalized spacial score (nSPS) is 12.1. The summed E-state index contributed by atoms with van der Waals surface area (Å²) < 4.78 is 5.37. The summed E-state index contributed by atoms with van der Waals surface area (Å²) in [6.07, 6.45) is 0. The van der Waals surface area contributed by atoms with Crippen LogP contribution in [0.25, 0.3) is 84.4 Å². The molecule has 1 N–H and O–H groups in total. The van der Waals surface area contributed by atoms with Crippen LogP contribution >= 0.6 is 22.7 Å². The Hall–Kier alpha value is -4.44. The van der Waals surface area contributed by atoms with Crippen LogP contribution in [0.3, 0.4) is 0 Å². The van der Waals surface area contributed by atoms with E-state index in [0.717, 1.165) is 0 Å². The molecule has 0 radical (unpaired) electrons.